The van der Waals surface area contributed by atoms with Crippen molar-refractivity contribution in [1.82, 2.24) is 0 Å². The van der Waals surface area contributed by atoms with Crippen molar-refractivity contribution in [1.29, 1.82) is 0 Å². The standard InChI is InChI=1S/C66H68O4/c1-64(2,3)52-28-46-36-68-37-47-29-53(65(4,5)6)31-49(60(47)35-62-57-24-16-12-20-44(57)27-45-21-13-17-25-58(45)62)39-70-41-51-33-54(66(7,8)9)32-50(63(51)67)40-69-38-48(30-52)59(46)34-61-55-22-14-10-18-42(55)26-43-19-11-15-23-56(43)61/h10-33,67H,34-41H2,1-9H3. The molecule has 0 unspecified atom stereocenters. The van der Waals surface area contributed by atoms with Gasteiger partial charge < -0.3 is 19.3 Å². The van der Waals surface area contributed by atoms with Crippen LogP contribution in [0.2, 0.25) is 0 Å². The zero-order valence-corrected chi connectivity index (χ0v) is 42.7. The van der Waals surface area contributed by atoms with Crippen LogP contribution in [0, 0.1) is 0 Å². The third-order valence-corrected chi connectivity index (χ3v) is 14.8. The predicted octanol–water partition coefficient (Wildman–Crippen LogP) is 16.5. The molecule has 0 saturated heterocycles. The molecule has 1 heterocycles. The normalized spacial score (nSPS) is 14.3. The molecule has 4 nitrogen and oxygen atoms in total. The van der Waals surface area contributed by atoms with Crippen LogP contribution in [-0.4, -0.2) is 5.11 Å². The Labute approximate surface area is 415 Å². The first-order valence-electron chi connectivity index (χ1n) is 25.2. The van der Waals surface area contributed by atoms with E-state index in [1.54, 1.807) is 0 Å². The van der Waals surface area contributed by atoms with Gasteiger partial charge in [-0.05, 0) is 158 Å². The Kier molecular flexibility index (Phi) is 12.7. The molecule has 0 atom stereocenters. The molecule has 4 heteroatoms. The lowest BCUT2D eigenvalue weighted by atomic mass is 9.81. The molecule has 70 heavy (non-hydrogen) atoms. The third kappa shape index (κ3) is 9.62. The number of benzene rings is 9. The SMILES string of the molecule is CC(C)(C)c1cc2c(O)c(c1)COCc1cc(C(C)(C)C)cc(c1Cc1c3ccccc3cc3ccccc13)COCc1cc(C(C)(C)C)cc(c1Cc1c3ccccc3cc3ccccc13)COC2. The first kappa shape index (κ1) is 47.4. The highest BCUT2D eigenvalue weighted by Gasteiger charge is 2.25. The van der Waals surface area contributed by atoms with Gasteiger partial charge in [0.05, 0.1) is 39.6 Å². The monoisotopic (exact) mass is 925 g/mol. The quantitative estimate of drug-likeness (QED) is 0.179. The van der Waals surface area contributed by atoms with Gasteiger partial charge in [-0.3, -0.25) is 0 Å². The van der Waals surface area contributed by atoms with Crippen LogP contribution in [0.25, 0.3) is 43.1 Å². The second-order valence-electron chi connectivity index (χ2n) is 22.9. The molecule has 9 aromatic rings. The zero-order valence-electron chi connectivity index (χ0n) is 42.7. The minimum absolute atomic E-state index is 0.135. The van der Waals surface area contributed by atoms with E-state index in [4.69, 9.17) is 14.2 Å². The zero-order chi connectivity index (χ0) is 49.0. The molecule has 0 radical (unpaired) electrons. The minimum atomic E-state index is -0.164. The number of phenols is 1. The van der Waals surface area contributed by atoms with Crippen molar-refractivity contribution in [2.45, 2.75) is 131 Å². The topological polar surface area (TPSA) is 47.9 Å². The van der Waals surface area contributed by atoms with Gasteiger partial charge >= 0.3 is 0 Å². The van der Waals surface area contributed by atoms with E-state index < -0.39 is 0 Å². The van der Waals surface area contributed by atoms with Crippen LogP contribution in [0.4, 0.5) is 0 Å². The second-order valence-corrected chi connectivity index (χ2v) is 22.9. The molecule has 10 rings (SSSR count). The Morgan fingerprint density at radius 1 is 0.329 bits per heavy atom. The van der Waals surface area contributed by atoms with Gasteiger partial charge in [0.25, 0.3) is 0 Å². The van der Waals surface area contributed by atoms with Gasteiger partial charge in [0.15, 0.2) is 0 Å². The summed E-state index contributed by atoms with van der Waals surface area (Å²) in [6.07, 6.45) is 1.41. The maximum atomic E-state index is 12.1. The van der Waals surface area contributed by atoms with E-state index in [1.807, 2.05) is 0 Å². The van der Waals surface area contributed by atoms with E-state index in [0.29, 0.717) is 39.3 Å². The van der Waals surface area contributed by atoms with Crippen LogP contribution < -0.4 is 0 Å². The highest BCUT2D eigenvalue weighted by molar-refractivity contribution is 6.03. The molecular formula is C66H68O4. The molecule has 0 fully saturated rings. The lowest BCUT2D eigenvalue weighted by molar-refractivity contribution is 0.0955. The summed E-state index contributed by atoms with van der Waals surface area (Å²) in [5.74, 6) is 0.237. The molecule has 0 aliphatic carbocycles. The maximum absolute atomic E-state index is 12.1. The molecule has 0 saturated carbocycles. The van der Waals surface area contributed by atoms with Gasteiger partial charge in [-0.15, -0.1) is 0 Å². The molecule has 1 aliphatic rings. The average molecular weight is 925 g/mol. The van der Waals surface area contributed by atoms with Gasteiger partial charge in [-0.2, -0.15) is 0 Å². The summed E-state index contributed by atoms with van der Waals surface area (Å²) >= 11 is 0. The Balaban J connectivity index is 1.18. The van der Waals surface area contributed by atoms with Crippen molar-refractivity contribution < 1.29 is 19.3 Å². The maximum Gasteiger partial charge on any atom is 0.126 e. The van der Waals surface area contributed by atoms with E-state index in [0.717, 1.165) is 27.8 Å². The smallest absolute Gasteiger partial charge is 0.126 e. The fourth-order valence-corrected chi connectivity index (χ4v) is 10.6. The molecular weight excluding hydrogens is 857 g/mol. The largest absolute Gasteiger partial charge is 0.507 e. The molecule has 0 spiro atoms. The molecule has 0 amide bonds. The van der Waals surface area contributed by atoms with Crippen molar-refractivity contribution in [2.24, 2.45) is 0 Å². The number of hydrogen-bond acceptors (Lipinski definition) is 4. The van der Waals surface area contributed by atoms with Crippen LogP contribution in [0.1, 0.15) is 135 Å². The summed E-state index contributed by atoms with van der Waals surface area (Å²) in [6, 6.07) is 53.5. The lowest BCUT2D eigenvalue weighted by Crippen LogP contribution is -2.17. The molecule has 1 aliphatic heterocycles. The molecule has 1 N–H and O–H groups in total. The predicted molar refractivity (Wildman–Crippen MR) is 291 cm³/mol. The van der Waals surface area contributed by atoms with E-state index in [2.05, 4.69) is 208 Å². The molecule has 356 valence electrons. The van der Waals surface area contributed by atoms with Crippen molar-refractivity contribution in [3.8, 4) is 5.75 Å². The van der Waals surface area contributed by atoms with Crippen molar-refractivity contribution in [2.75, 3.05) is 0 Å². The van der Waals surface area contributed by atoms with E-state index in [1.165, 1.54) is 87.6 Å². The number of hydrogen-bond donors (Lipinski definition) is 1. The van der Waals surface area contributed by atoms with E-state index in [9.17, 15) is 5.11 Å². The number of fused-ring (bicyclic) bond motifs is 10. The fourth-order valence-electron chi connectivity index (χ4n) is 10.6. The second kappa shape index (κ2) is 18.8. The summed E-state index contributed by atoms with van der Waals surface area (Å²) in [5, 5.41) is 22.1. The average Bonchev–Trinajstić information content (AvgIpc) is 3.32. The molecule has 0 aromatic heterocycles. The number of aromatic hydroxyl groups is 1. The summed E-state index contributed by atoms with van der Waals surface area (Å²) < 4.78 is 20.8. The Morgan fingerprint density at radius 3 is 0.843 bits per heavy atom. The van der Waals surface area contributed by atoms with Gasteiger partial charge in [0, 0.05) is 11.1 Å². The third-order valence-electron chi connectivity index (χ3n) is 14.8. The van der Waals surface area contributed by atoms with Gasteiger partial charge in [0.1, 0.15) is 5.75 Å². The van der Waals surface area contributed by atoms with Crippen molar-refractivity contribution >= 4 is 43.1 Å². The summed E-state index contributed by atoms with van der Waals surface area (Å²) in [5.41, 5.74) is 14.4. The van der Waals surface area contributed by atoms with Crippen LogP contribution in [0.15, 0.2) is 146 Å². The Bertz CT molecular complexity index is 3100. The van der Waals surface area contributed by atoms with Gasteiger partial charge in [-0.25, -0.2) is 0 Å². The highest BCUT2D eigenvalue weighted by Crippen LogP contribution is 2.39. The first-order valence-corrected chi connectivity index (χ1v) is 25.2. The molecule has 6 bridgehead atoms. The van der Waals surface area contributed by atoms with Crippen molar-refractivity contribution in [3.05, 3.63) is 218 Å². The van der Waals surface area contributed by atoms with Crippen LogP contribution in [-0.2, 0) is 82.9 Å². The molecule has 9 aromatic carbocycles. The van der Waals surface area contributed by atoms with Crippen LogP contribution >= 0.6 is 0 Å². The lowest BCUT2D eigenvalue weighted by Gasteiger charge is -2.27. The van der Waals surface area contributed by atoms with Crippen LogP contribution in [0.5, 0.6) is 5.75 Å². The summed E-state index contributed by atoms with van der Waals surface area (Å²) in [7, 11) is 0. The van der Waals surface area contributed by atoms with E-state index >= 15 is 0 Å². The fraction of sp³-hybridized carbons (Fsp3) is 0.303. The van der Waals surface area contributed by atoms with Gasteiger partial charge in [-0.1, -0.05) is 184 Å². The van der Waals surface area contributed by atoms with E-state index in [-0.39, 0.29) is 35.2 Å². The Morgan fingerprint density at radius 2 is 0.571 bits per heavy atom. The van der Waals surface area contributed by atoms with Crippen molar-refractivity contribution in [3.63, 3.8) is 0 Å². The number of ether oxygens (including phenoxy) is 3. The first-order chi connectivity index (χ1) is 33.5. The number of phenolic OH excluding ortho intramolecular Hbond substituents is 1. The minimum Gasteiger partial charge on any atom is -0.507 e. The van der Waals surface area contributed by atoms with Crippen LogP contribution in [0.3, 0.4) is 0 Å². The summed E-state index contributed by atoms with van der Waals surface area (Å²) in [6.45, 7) is 22.5. The number of rotatable bonds is 4. The van der Waals surface area contributed by atoms with Gasteiger partial charge in [0.2, 0.25) is 0 Å². The Hall–Kier alpha value is -6.30. The highest BCUT2D eigenvalue weighted by atomic mass is 16.5. The summed E-state index contributed by atoms with van der Waals surface area (Å²) in [4.78, 5) is 0.